The van der Waals surface area contributed by atoms with Gasteiger partial charge < -0.3 is 4.74 Å². The maximum atomic E-state index is 11.7. The highest BCUT2D eigenvalue weighted by Gasteiger charge is 2.40. The molecule has 1 fully saturated rings. The van der Waals surface area contributed by atoms with Crippen LogP contribution in [0.1, 0.15) is 25.3 Å². The lowest BCUT2D eigenvalue weighted by Gasteiger charge is -2.32. The molecule has 1 saturated carbocycles. The normalized spacial score (nSPS) is 22.6. The lowest BCUT2D eigenvalue weighted by molar-refractivity contribution is -0.158. The van der Waals surface area contributed by atoms with E-state index in [-0.39, 0.29) is 23.6 Å². The van der Waals surface area contributed by atoms with Crippen molar-refractivity contribution in [3.63, 3.8) is 0 Å². The van der Waals surface area contributed by atoms with Crippen molar-refractivity contribution in [3.05, 3.63) is 35.9 Å². The molecule has 2 rings (SSSR count). The van der Waals surface area contributed by atoms with Gasteiger partial charge in [-0.15, -0.1) is 0 Å². The van der Waals surface area contributed by atoms with Crippen LogP contribution in [-0.4, -0.2) is 11.8 Å². The third kappa shape index (κ3) is 2.73. The van der Waals surface area contributed by atoms with Gasteiger partial charge in [-0.25, -0.2) is 0 Å². The van der Waals surface area contributed by atoms with E-state index < -0.39 is 0 Å². The predicted octanol–water partition coefficient (Wildman–Crippen LogP) is 2.35. The molecular formula is C14H16O3. The Labute approximate surface area is 101 Å². The van der Waals surface area contributed by atoms with E-state index in [1.807, 2.05) is 30.3 Å². The molecule has 0 N–H and O–H groups in total. The molecule has 3 heteroatoms. The second kappa shape index (κ2) is 5.13. The highest BCUT2D eigenvalue weighted by molar-refractivity contribution is 5.86. The van der Waals surface area contributed by atoms with E-state index in [9.17, 15) is 9.59 Å². The van der Waals surface area contributed by atoms with Crippen LogP contribution in [0.25, 0.3) is 0 Å². The van der Waals surface area contributed by atoms with Gasteiger partial charge in [-0.3, -0.25) is 9.59 Å². The van der Waals surface area contributed by atoms with Crippen LogP contribution >= 0.6 is 0 Å². The molecule has 0 bridgehead atoms. The molecule has 90 valence electrons. The smallest absolute Gasteiger partial charge is 0.309 e. The van der Waals surface area contributed by atoms with Crippen molar-refractivity contribution in [1.82, 2.24) is 0 Å². The average molecular weight is 232 g/mol. The number of rotatable bonds is 4. The molecule has 0 aromatic heterocycles. The summed E-state index contributed by atoms with van der Waals surface area (Å²) >= 11 is 0. The number of ketones is 1. The van der Waals surface area contributed by atoms with E-state index in [2.05, 4.69) is 0 Å². The fourth-order valence-corrected chi connectivity index (χ4v) is 2.10. The molecular weight excluding hydrogens is 216 g/mol. The van der Waals surface area contributed by atoms with Crippen LogP contribution in [0.4, 0.5) is 0 Å². The van der Waals surface area contributed by atoms with Crippen LogP contribution in [0.2, 0.25) is 0 Å². The maximum Gasteiger partial charge on any atom is 0.309 e. The van der Waals surface area contributed by atoms with E-state index in [0.29, 0.717) is 6.61 Å². The summed E-state index contributed by atoms with van der Waals surface area (Å²) in [7, 11) is 0. The Kier molecular flexibility index (Phi) is 3.57. The molecule has 1 aliphatic rings. The average Bonchev–Trinajstić information content (AvgIpc) is 2.25. The van der Waals surface area contributed by atoms with Crippen LogP contribution < -0.4 is 0 Å². The lowest BCUT2D eigenvalue weighted by atomic mass is 9.72. The molecule has 0 amide bonds. The number of carbonyl (C=O) groups is 2. The Hall–Kier alpha value is -1.64. The molecule has 0 heterocycles. The first-order chi connectivity index (χ1) is 8.18. The largest absolute Gasteiger partial charge is 0.461 e. The number of benzene rings is 1. The SMILES string of the molecule is CC(=O)[C@H]1CC[C@H]1C(=O)OCc1ccccc1. The molecule has 2 atom stereocenters. The van der Waals surface area contributed by atoms with E-state index in [4.69, 9.17) is 4.74 Å². The van der Waals surface area contributed by atoms with Gasteiger partial charge in [0.05, 0.1) is 5.92 Å². The van der Waals surface area contributed by atoms with Crippen molar-refractivity contribution in [3.8, 4) is 0 Å². The zero-order chi connectivity index (χ0) is 12.3. The quantitative estimate of drug-likeness (QED) is 0.748. The van der Waals surface area contributed by atoms with Crippen molar-refractivity contribution in [1.29, 1.82) is 0 Å². The fourth-order valence-electron chi connectivity index (χ4n) is 2.10. The standard InChI is InChI=1S/C14H16O3/c1-10(15)12-7-8-13(12)14(16)17-9-11-5-3-2-4-6-11/h2-6,12-13H,7-9H2,1H3/t12-,13-/m1/s1. The van der Waals surface area contributed by atoms with Crippen molar-refractivity contribution in [2.24, 2.45) is 11.8 Å². The zero-order valence-electron chi connectivity index (χ0n) is 9.89. The van der Waals surface area contributed by atoms with Gasteiger partial charge in [0.1, 0.15) is 12.4 Å². The molecule has 0 aliphatic heterocycles. The molecule has 0 spiro atoms. The topological polar surface area (TPSA) is 43.4 Å². The van der Waals surface area contributed by atoms with Gasteiger partial charge in [0.15, 0.2) is 0 Å². The van der Waals surface area contributed by atoms with Crippen LogP contribution in [0.3, 0.4) is 0 Å². The lowest BCUT2D eigenvalue weighted by Crippen LogP contribution is -2.38. The highest BCUT2D eigenvalue weighted by atomic mass is 16.5. The highest BCUT2D eigenvalue weighted by Crippen LogP contribution is 2.35. The summed E-state index contributed by atoms with van der Waals surface area (Å²) < 4.78 is 5.22. The Morgan fingerprint density at radius 2 is 1.82 bits per heavy atom. The monoisotopic (exact) mass is 232 g/mol. The first kappa shape index (κ1) is 11.8. The minimum Gasteiger partial charge on any atom is -0.461 e. The molecule has 17 heavy (non-hydrogen) atoms. The third-order valence-electron chi connectivity index (χ3n) is 3.32. The summed E-state index contributed by atoms with van der Waals surface area (Å²) in [4.78, 5) is 22.9. The molecule has 0 saturated heterocycles. The zero-order valence-corrected chi connectivity index (χ0v) is 9.89. The Bertz CT molecular complexity index is 411. The summed E-state index contributed by atoms with van der Waals surface area (Å²) in [5.74, 6) is -0.465. The summed E-state index contributed by atoms with van der Waals surface area (Å²) in [6.07, 6.45) is 1.60. The van der Waals surface area contributed by atoms with Crippen LogP contribution in [0.15, 0.2) is 30.3 Å². The van der Waals surface area contributed by atoms with Crippen LogP contribution in [0.5, 0.6) is 0 Å². The van der Waals surface area contributed by atoms with Crippen molar-refractivity contribution < 1.29 is 14.3 Å². The predicted molar refractivity (Wildman–Crippen MR) is 63.1 cm³/mol. The molecule has 1 aliphatic carbocycles. The summed E-state index contributed by atoms with van der Waals surface area (Å²) in [6, 6.07) is 9.56. The summed E-state index contributed by atoms with van der Waals surface area (Å²) in [6.45, 7) is 1.84. The minimum atomic E-state index is -0.236. The van der Waals surface area contributed by atoms with E-state index in [1.54, 1.807) is 6.92 Å². The number of ether oxygens (including phenoxy) is 1. The molecule has 3 nitrogen and oxygen atoms in total. The molecule has 1 aromatic carbocycles. The maximum absolute atomic E-state index is 11.7. The van der Waals surface area contributed by atoms with Gasteiger partial charge in [-0.05, 0) is 25.3 Å². The number of esters is 1. The first-order valence-electron chi connectivity index (χ1n) is 5.89. The summed E-state index contributed by atoms with van der Waals surface area (Å²) in [5, 5.41) is 0. The third-order valence-corrected chi connectivity index (χ3v) is 3.32. The van der Waals surface area contributed by atoms with Crippen molar-refractivity contribution >= 4 is 11.8 Å². The van der Waals surface area contributed by atoms with Crippen molar-refractivity contribution in [2.45, 2.75) is 26.4 Å². The van der Waals surface area contributed by atoms with Crippen LogP contribution in [-0.2, 0) is 20.9 Å². The van der Waals surface area contributed by atoms with E-state index in [1.165, 1.54) is 0 Å². The first-order valence-corrected chi connectivity index (χ1v) is 5.89. The number of hydrogen-bond acceptors (Lipinski definition) is 3. The summed E-state index contributed by atoms with van der Waals surface area (Å²) in [5.41, 5.74) is 0.972. The van der Waals surface area contributed by atoms with E-state index in [0.717, 1.165) is 18.4 Å². The molecule has 1 aromatic rings. The van der Waals surface area contributed by atoms with Gasteiger partial charge in [-0.2, -0.15) is 0 Å². The van der Waals surface area contributed by atoms with Crippen LogP contribution in [0, 0.1) is 11.8 Å². The molecule has 0 unspecified atom stereocenters. The van der Waals surface area contributed by atoms with Gasteiger partial charge in [0, 0.05) is 5.92 Å². The number of hydrogen-bond donors (Lipinski definition) is 0. The van der Waals surface area contributed by atoms with Gasteiger partial charge >= 0.3 is 5.97 Å². The number of carbonyl (C=O) groups excluding carboxylic acids is 2. The van der Waals surface area contributed by atoms with Crippen molar-refractivity contribution in [2.75, 3.05) is 0 Å². The Morgan fingerprint density at radius 1 is 1.18 bits per heavy atom. The second-order valence-electron chi connectivity index (χ2n) is 4.49. The second-order valence-corrected chi connectivity index (χ2v) is 4.49. The number of Topliss-reactive ketones (excluding diaryl/α,β-unsaturated/α-hetero) is 1. The Morgan fingerprint density at radius 3 is 2.35 bits per heavy atom. The van der Waals surface area contributed by atoms with Gasteiger partial charge in [-0.1, -0.05) is 30.3 Å². The van der Waals surface area contributed by atoms with Gasteiger partial charge in [0.25, 0.3) is 0 Å². The van der Waals surface area contributed by atoms with E-state index >= 15 is 0 Å². The fraction of sp³-hybridized carbons (Fsp3) is 0.429. The van der Waals surface area contributed by atoms with Gasteiger partial charge in [0.2, 0.25) is 0 Å². The molecule has 0 radical (unpaired) electrons. The minimum absolute atomic E-state index is 0.0953. The Balaban J connectivity index is 1.84.